The average Bonchev–Trinajstić information content (AvgIpc) is 3.40. The highest BCUT2D eigenvalue weighted by molar-refractivity contribution is 5.94. The number of para-hydroxylation sites is 1. The smallest absolute Gasteiger partial charge is 0.326 e. The van der Waals surface area contributed by atoms with Crippen molar-refractivity contribution in [2.75, 3.05) is 6.54 Å². The van der Waals surface area contributed by atoms with Gasteiger partial charge in [0.05, 0.1) is 6.54 Å². The number of fused-ring (bicyclic) bond motifs is 1. The molecule has 0 saturated carbocycles. The zero-order chi connectivity index (χ0) is 30.9. The number of nitrogens with two attached hydrogens (primary N) is 1. The lowest BCUT2D eigenvalue weighted by Crippen LogP contribution is -2.57. The maximum atomic E-state index is 13.6. The third-order valence-electron chi connectivity index (χ3n) is 6.94. The lowest BCUT2D eigenvalue weighted by Gasteiger charge is -2.25. The van der Waals surface area contributed by atoms with E-state index >= 15 is 0 Å². The minimum Gasteiger partial charge on any atom is -0.508 e. The molecular formula is C31H33N5O7. The standard InChI is InChI=1S/C31H33N5O7/c32-16-28(39)34-25(13-18-5-9-21(37)10-6-18)29(40)35-26(15-20-17-33-24-4-2-1-3-23(20)24)30(41)36-27(31(42)43)14-19-7-11-22(38)12-8-19/h1-12,17,25-27,33,37-38H,13-16,32H2,(H,34,39)(H,35,40)(H,36,41)(H,42,43). The Balaban J connectivity index is 1.59. The molecule has 1 aromatic heterocycles. The van der Waals surface area contributed by atoms with Gasteiger partial charge in [-0.05, 0) is 47.0 Å². The van der Waals surface area contributed by atoms with E-state index in [1.165, 1.54) is 24.3 Å². The number of hydrogen-bond donors (Lipinski definition) is 8. The van der Waals surface area contributed by atoms with E-state index in [-0.39, 0.29) is 37.3 Å². The van der Waals surface area contributed by atoms with Gasteiger partial charge in [-0.1, -0.05) is 42.5 Å². The van der Waals surface area contributed by atoms with Gasteiger partial charge in [0.15, 0.2) is 0 Å². The van der Waals surface area contributed by atoms with Crippen molar-refractivity contribution in [1.82, 2.24) is 20.9 Å². The first-order valence-electron chi connectivity index (χ1n) is 13.6. The highest BCUT2D eigenvalue weighted by atomic mass is 16.4. The fraction of sp³-hybridized carbons (Fsp3) is 0.226. The minimum absolute atomic E-state index is 0.0178. The third kappa shape index (κ3) is 8.33. The van der Waals surface area contributed by atoms with Crippen molar-refractivity contribution in [2.45, 2.75) is 37.4 Å². The summed E-state index contributed by atoms with van der Waals surface area (Å²) in [6, 6.07) is 15.8. The van der Waals surface area contributed by atoms with Crippen molar-refractivity contribution in [3.63, 3.8) is 0 Å². The van der Waals surface area contributed by atoms with E-state index in [4.69, 9.17) is 5.73 Å². The monoisotopic (exact) mass is 587 g/mol. The highest BCUT2D eigenvalue weighted by Crippen LogP contribution is 2.20. The van der Waals surface area contributed by atoms with Crippen LogP contribution in [0.25, 0.3) is 10.9 Å². The van der Waals surface area contributed by atoms with Crippen LogP contribution in [-0.2, 0) is 38.4 Å². The predicted molar refractivity (Wildman–Crippen MR) is 158 cm³/mol. The van der Waals surface area contributed by atoms with Gasteiger partial charge >= 0.3 is 5.97 Å². The van der Waals surface area contributed by atoms with Crippen molar-refractivity contribution >= 4 is 34.6 Å². The van der Waals surface area contributed by atoms with Crippen LogP contribution >= 0.6 is 0 Å². The topological polar surface area (TPSA) is 207 Å². The Morgan fingerprint density at radius 1 is 0.698 bits per heavy atom. The Kier molecular flexibility index (Phi) is 9.97. The van der Waals surface area contributed by atoms with Gasteiger partial charge in [0.25, 0.3) is 0 Å². The molecule has 0 fully saturated rings. The average molecular weight is 588 g/mol. The summed E-state index contributed by atoms with van der Waals surface area (Å²) in [6.45, 7) is -0.365. The number of nitrogens with one attached hydrogen (secondary N) is 4. The Morgan fingerprint density at radius 2 is 1.21 bits per heavy atom. The number of carbonyl (C=O) groups is 4. The second kappa shape index (κ2) is 14.0. The molecule has 3 amide bonds. The number of amides is 3. The molecule has 0 aliphatic carbocycles. The van der Waals surface area contributed by atoms with Gasteiger partial charge in [0.1, 0.15) is 29.6 Å². The van der Waals surface area contributed by atoms with Crippen LogP contribution in [0.5, 0.6) is 11.5 Å². The molecule has 9 N–H and O–H groups in total. The van der Waals surface area contributed by atoms with Crippen molar-refractivity contribution in [2.24, 2.45) is 5.73 Å². The first-order chi connectivity index (χ1) is 20.6. The zero-order valence-electron chi connectivity index (χ0n) is 23.1. The van der Waals surface area contributed by atoms with Crippen LogP contribution in [0.15, 0.2) is 79.0 Å². The fourth-order valence-electron chi connectivity index (χ4n) is 4.67. The van der Waals surface area contributed by atoms with E-state index in [0.717, 1.165) is 10.9 Å². The maximum absolute atomic E-state index is 13.6. The van der Waals surface area contributed by atoms with Gasteiger partial charge < -0.3 is 42.0 Å². The van der Waals surface area contributed by atoms with Gasteiger partial charge in [-0.2, -0.15) is 0 Å². The van der Waals surface area contributed by atoms with Crippen molar-refractivity contribution in [1.29, 1.82) is 0 Å². The third-order valence-corrected chi connectivity index (χ3v) is 6.94. The second-order valence-electron chi connectivity index (χ2n) is 10.1. The molecule has 0 saturated heterocycles. The van der Waals surface area contributed by atoms with E-state index in [9.17, 15) is 34.5 Å². The summed E-state index contributed by atoms with van der Waals surface area (Å²) in [5.74, 6) is -3.23. The van der Waals surface area contributed by atoms with E-state index in [2.05, 4.69) is 20.9 Å². The first-order valence-corrected chi connectivity index (χ1v) is 13.6. The number of rotatable bonds is 13. The quantitative estimate of drug-likeness (QED) is 0.113. The lowest BCUT2D eigenvalue weighted by molar-refractivity contribution is -0.142. The van der Waals surface area contributed by atoms with Crippen molar-refractivity contribution in [3.8, 4) is 11.5 Å². The first kappa shape index (κ1) is 30.6. The summed E-state index contributed by atoms with van der Waals surface area (Å²) in [6.07, 6.45) is 1.71. The summed E-state index contributed by atoms with van der Waals surface area (Å²) < 4.78 is 0. The number of H-pyrrole nitrogens is 1. The van der Waals surface area contributed by atoms with E-state index in [0.29, 0.717) is 16.7 Å². The number of carboxylic acid groups (broad SMARTS) is 1. The van der Waals surface area contributed by atoms with Gasteiger partial charge in [-0.15, -0.1) is 0 Å². The minimum atomic E-state index is -1.33. The number of phenolic OH excluding ortho intramolecular Hbond substituents is 2. The number of aliphatic carboxylic acids is 1. The molecule has 0 spiro atoms. The lowest BCUT2D eigenvalue weighted by atomic mass is 10.0. The molecule has 0 radical (unpaired) electrons. The molecule has 12 nitrogen and oxygen atoms in total. The molecule has 4 aromatic rings. The molecule has 3 aromatic carbocycles. The molecule has 3 atom stereocenters. The largest absolute Gasteiger partial charge is 0.508 e. The van der Waals surface area contributed by atoms with E-state index in [1.54, 1.807) is 30.5 Å². The van der Waals surface area contributed by atoms with Crippen LogP contribution in [0.1, 0.15) is 16.7 Å². The Bertz CT molecular complexity index is 1580. The molecule has 1 heterocycles. The molecule has 0 aliphatic rings. The number of carbonyl (C=O) groups excluding carboxylic acids is 3. The number of aromatic amines is 1. The zero-order valence-corrected chi connectivity index (χ0v) is 23.1. The fourth-order valence-corrected chi connectivity index (χ4v) is 4.67. The Morgan fingerprint density at radius 3 is 1.77 bits per heavy atom. The van der Waals surface area contributed by atoms with Crippen LogP contribution < -0.4 is 21.7 Å². The number of phenols is 2. The molecule has 224 valence electrons. The summed E-state index contributed by atoms with van der Waals surface area (Å²) >= 11 is 0. The Labute approximate surface area is 246 Å². The van der Waals surface area contributed by atoms with Crippen molar-refractivity contribution in [3.05, 3.63) is 95.7 Å². The summed E-state index contributed by atoms with van der Waals surface area (Å²) in [5.41, 5.74) is 8.20. The SMILES string of the molecule is NCC(=O)NC(Cc1ccc(O)cc1)C(=O)NC(Cc1c[nH]c2ccccc12)C(=O)NC(Cc1ccc(O)cc1)C(=O)O. The number of aromatic hydroxyl groups is 2. The van der Waals surface area contributed by atoms with Crippen LogP contribution in [0.4, 0.5) is 0 Å². The second-order valence-corrected chi connectivity index (χ2v) is 10.1. The van der Waals surface area contributed by atoms with Crippen molar-refractivity contribution < 1.29 is 34.5 Å². The number of benzene rings is 3. The predicted octanol–water partition coefficient (Wildman–Crippen LogP) is 1.10. The van der Waals surface area contributed by atoms with E-state index < -0.39 is 41.8 Å². The van der Waals surface area contributed by atoms with Gasteiger partial charge in [-0.25, -0.2) is 4.79 Å². The van der Waals surface area contributed by atoms with Crippen LogP contribution in [0.2, 0.25) is 0 Å². The molecule has 4 rings (SSSR count). The van der Waals surface area contributed by atoms with Gasteiger partial charge in [0, 0.05) is 36.4 Å². The molecule has 0 aliphatic heterocycles. The normalized spacial score (nSPS) is 13.0. The molecule has 43 heavy (non-hydrogen) atoms. The number of aromatic nitrogens is 1. The molecule has 0 bridgehead atoms. The molecule has 3 unspecified atom stereocenters. The van der Waals surface area contributed by atoms with Gasteiger partial charge in [0.2, 0.25) is 17.7 Å². The van der Waals surface area contributed by atoms with Crippen LogP contribution in [0, 0.1) is 0 Å². The summed E-state index contributed by atoms with van der Waals surface area (Å²) in [5, 5.41) is 37.6. The van der Waals surface area contributed by atoms with Crippen LogP contribution in [-0.4, -0.2) is 68.7 Å². The summed E-state index contributed by atoms with van der Waals surface area (Å²) in [7, 11) is 0. The van der Waals surface area contributed by atoms with Gasteiger partial charge in [-0.3, -0.25) is 14.4 Å². The number of hydrogen-bond acceptors (Lipinski definition) is 7. The molecule has 12 heteroatoms. The highest BCUT2D eigenvalue weighted by Gasteiger charge is 2.30. The van der Waals surface area contributed by atoms with E-state index in [1.807, 2.05) is 24.3 Å². The maximum Gasteiger partial charge on any atom is 0.326 e. The molecular weight excluding hydrogens is 554 g/mol. The summed E-state index contributed by atoms with van der Waals surface area (Å²) in [4.78, 5) is 54.6. The van der Waals surface area contributed by atoms with Crippen LogP contribution in [0.3, 0.4) is 0 Å². The number of carboxylic acids is 1. The Hall–Kier alpha value is -5.36.